The molecule has 0 bridgehead atoms. The fourth-order valence-electron chi connectivity index (χ4n) is 3.04. The number of nitrogens with zero attached hydrogens (tertiary/aromatic N) is 1. The third-order valence-corrected chi connectivity index (χ3v) is 7.14. The molecule has 0 unspecified atom stereocenters. The van der Waals surface area contributed by atoms with E-state index in [9.17, 15) is 14.7 Å². The lowest BCUT2D eigenvalue weighted by Crippen LogP contribution is -2.54. The summed E-state index contributed by atoms with van der Waals surface area (Å²) >= 11 is 11.9. The van der Waals surface area contributed by atoms with Crippen molar-refractivity contribution in [1.29, 1.82) is 0 Å². The summed E-state index contributed by atoms with van der Waals surface area (Å²) in [5, 5.41) is 12.8. The molecule has 2 N–H and O–H groups in total. The van der Waals surface area contributed by atoms with Crippen LogP contribution in [0.2, 0.25) is 0 Å². The van der Waals surface area contributed by atoms with Gasteiger partial charge in [-0.2, -0.15) is 0 Å². The Morgan fingerprint density at radius 3 is 2.42 bits per heavy atom. The quantitative estimate of drug-likeness (QED) is 0.292. The monoisotopic (exact) mass is 566 g/mol. The largest absolute Gasteiger partial charge is 0.503 e. The molecule has 6 nitrogen and oxygen atoms in total. The third-order valence-electron chi connectivity index (χ3n) is 4.69. The molecule has 9 heteroatoms. The molecule has 0 saturated carbocycles. The summed E-state index contributed by atoms with van der Waals surface area (Å²) in [6.07, 6.45) is 1.44. The highest BCUT2D eigenvalue weighted by Gasteiger charge is 2.34. The van der Waals surface area contributed by atoms with E-state index in [-0.39, 0.29) is 22.2 Å². The molecule has 0 radical (unpaired) electrons. The van der Waals surface area contributed by atoms with Gasteiger partial charge in [0.2, 0.25) is 0 Å². The first-order chi connectivity index (χ1) is 14.6. The number of halogens is 2. The van der Waals surface area contributed by atoms with Gasteiger partial charge in [0, 0.05) is 4.47 Å². The van der Waals surface area contributed by atoms with Crippen LogP contribution in [0.1, 0.15) is 37.8 Å². The Bertz CT molecular complexity index is 1100. The molecule has 162 valence electrons. The highest BCUT2D eigenvalue weighted by molar-refractivity contribution is 9.13. The highest BCUT2D eigenvalue weighted by Crippen LogP contribution is 2.42. The third kappa shape index (κ3) is 4.68. The van der Waals surface area contributed by atoms with Crippen molar-refractivity contribution in [2.45, 2.75) is 26.7 Å². The lowest BCUT2D eigenvalue weighted by molar-refractivity contribution is -0.122. The van der Waals surface area contributed by atoms with Gasteiger partial charge in [-0.1, -0.05) is 26.0 Å². The number of benzene rings is 2. The van der Waals surface area contributed by atoms with E-state index in [4.69, 9.17) is 17.0 Å². The van der Waals surface area contributed by atoms with Gasteiger partial charge in [-0.25, -0.2) is 0 Å². The predicted molar refractivity (Wildman–Crippen MR) is 131 cm³/mol. The second-order valence-electron chi connectivity index (χ2n) is 7.08. The number of rotatable bonds is 5. The zero-order chi connectivity index (χ0) is 22.9. The number of nitrogens with one attached hydrogen (secondary N) is 1. The number of aromatic hydroxyl groups is 1. The van der Waals surface area contributed by atoms with Gasteiger partial charge >= 0.3 is 0 Å². The van der Waals surface area contributed by atoms with Crippen molar-refractivity contribution in [3.05, 3.63) is 56.0 Å². The number of carbonyl (C=O) groups is 2. The molecule has 2 aromatic rings. The molecule has 1 heterocycles. The van der Waals surface area contributed by atoms with E-state index >= 15 is 0 Å². The Morgan fingerprint density at radius 2 is 1.84 bits per heavy atom. The minimum absolute atomic E-state index is 0.0189. The van der Waals surface area contributed by atoms with E-state index in [2.05, 4.69) is 51.0 Å². The van der Waals surface area contributed by atoms with Crippen molar-refractivity contribution in [3.63, 3.8) is 0 Å². The SMILES string of the molecule is CCOc1cc(/C=C2\C(=O)NC(=S)N(c3ccc(C(C)C)cc3)C2=O)c(Br)c(Br)c1O. The molecule has 31 heavy (non-hydrogen) atoms. The van der Waals surface area contributed by atoms with Crippen LogP contribution < -0.4 is 15.0 Å². The molecule has 2 aromatic carbocycles. The molecule has 0 aliphatic carbocycles. The van der Waals surface area contributed by atoms with E-state index in [0.717, 1.165) is 5.56 Å². The minimum atomic E-state index is -0.598. The fourth-order valence-corrected chi connectivity index (χ4v) is 4.16. The van der Waals surface area contributed by atoms with Gasteiger partial charge in [-0.3, -0.25) is 19.8 Å². The summed E-state index contributed by atoms with van der Waals surface area (Å²) in [6.45, 7) is 6.29. The maximum Gasteiger partial charge on any atom is 0.270 e. The number of carbonyl (C=O) groups excluding carboxylic acids is 2. The molecular formula is C22H20Br2N2O4S. The maximum atomic E-state index is 13.2. The van der Waals surface area contributed by atoms with Crippen molar-refractivity contribution in [2.24, 2.45) is 0 Å². The van der Waals surface area contributed by atoms with E-state index in [0.29, 0.717) is 32.7 Å². The van der Waals surface area contributed by atoms with Gasteiger partial charge in [-0.05, 0) is 92.3 Å². The molecule has 1 fully saturated rings. The Labute approximate surface area is 202 Å². The van der Waals surface area contributed by atoms with Crippen molar-refractivity contribution >= 4 is 72.8 Å². The van der Waals surface area contributed by atoms with Gasteiger partial charge in [0.1, 0.15) is 5.57 Å². The van der Waals surface area contributed by atoms with Crippen molar-refractivity contribution < 1.29 is 19.4 Å². The Hall–Kier alpha value is -2.23. The lowest BCUT2D eigenvalue weighted by atomic mass is 10.0. The van der Waals surface area contributed by atoms with E-state index in [1.54, 1.807) is 25.1 Å². The molecular weight excluding hydrogens is 548 g/mol. The van der Waals surface area contributed by atoms with Gasteiger partial charge in [0.15, 0.2) is 16.6 Å². The lowest BCUT2D eigenvalue weighted by Gasteiger charge is -2.29. The van der Waals surface area contributed by atoms with E-state index < -0.39 is 11.8 Å². The first-order valence-electron chi connectivity index (χ1n) is 9.50. The zero-order valence-electron chi connectivity index (χ0n) is 17.0. The highest BCUT2D eigenvalue weighted by atomic mass is 79.9. The van der Waals surface area contributed by atoms with Crippen LogP contribution in [0.3, 0.4) is 0 Å². The fraction of sp³-hybridized carbons (Fsp3) is 0.227. The topological polar surface area (TPSA) is 78.9 Å². The Morgan fingerprint density at radius 1 is 1.19 bits per heavy atom. The summed E-state index contributed by atoms with van der Waals surface area (Å²) in [7, 11) is 0. The molecule has 0 spiro atoms. The molecule has 3 rings (SSSR count). The summed E-state index contributed by atoms with van der Waals surface area (Å²) < 4.78 is 6.27. The molecule has 1 saturated heterocycles. The first kappa shape index (κ1) is 23.4. The van der Waals surface area contributed by atoms with Crippen LogP contribution in [0.5, 0.6) is 11.5 Å². The van der Waals surface area contributed by atoms with Crippen LogP contribution in [-0.4, -0.2) is 28.6 Å². The average molecular weight is 568 g/mol. The summed E-state index contributed by atoms with van der Waals surface area (Å²) in [5.74, 6) is -0.648. The van der Waals surface area contributed by atoms with Crippen LogP contribution in [0.25, 0.3) is 6.08 Å². The minimum Gasteiger partial charge on any atom is -0.503 e. The smallest absolute Gasteiger partial charge is 0.270 e. The molecule has 1 aliphatic rings. The molecule has 0 aromatic heterocycles. The van der Waals surface area contributed by atoms with Gasteiger partial charge in [0.25, 0.3) is 11.8 Å². The average Bonchev–Trinajstić information content (AvgIpc) is 2.72. The number of phenolic OH excluding ortho intramolecular Hbond substituents is 1. The number of phenols is 1. The second-order valence-corrected chi connectivity index (χ2v) is 9.05. The summed E-state index contributed by atoms with van der Waals surface area (Å²) in [5.41, 5.74) is 2.07. The predicted octanol–water partition coefficient (Wildman–Crippen LogP) is 5.27. The molecule has 2 amide bonds. The Kier molecular flexibility index (Phi) is 7.18. The normalized spacial score (nSPS) is 15.6. The van der Waals surface area contributed by atoms with Gasteiger partial charge < -0.3 is 9.84 Å². The number of amides is 2. The summed E-state index contributed by atoms with van der Waals surface area (Å²) in [6, 6.07) is 9.01. The van der Waals surface area contributed by atoms with Crippen LogP contribution in [0.15, 0.2) is 44.9 Å². The zero-order valence-corrected chi connectivity index (χ0v) is 21.0. The summed E-state index contributed by atoms with van der Waals surface area (Å²) in [4.78, 5) is 27.1. The Balaban J connectivity index is 2.05. The van der Waals surface area contributed by atoms with Crippen LogP contribution in [0, 0.1) is 0 Å². The number of hydrogen-bond donors (Lipinski definition) is 2. The molecule has 0 atom stereocenters. The maximum absolute atomic E-state index is 13.2. The van der Waals surface area contributed by atoms with Crippen LogP contribution >= 0.6 is 44.1 Å². The van der Waals surface area contributed by atoms with E-state index in [1.165, 1.54) is 11.0 Å². The van der Waals surface area contributed by atoms with Gasteiger partial charge in [-0.15, -0.1) is 0 Å². The molecule has 1 aliphatic heterocycles. The standard InChI is InChI=1S/C22H20Br2N2O4S/c1-4-30-16-10-13(17(23)18(24)19(16)27)9-15-20(28)25-22(31)26(21(15)29)14-7-5-12(6-8-14)11(2)3/h5-11,27H,4H2,1-3H3,(H,25,28,31)/b15-9+. The number of thiocarbonyl (C=S) groups is 1. The van der Waals surface area contributed by atoms with Crippen LogP contribution in [-0.2, 0) is 9.59 Å². The second kappa shape index (κ2) is 9.50. The van der Waals surface area contributed by atoms with E-state index in [1.807, 2.05) is 12.1 Å². The van der Waals surface area contributed by atoms with Crippen molar-refractivity contribution in [2.75, 3.05) is 11.5 Å². The van der Waals surface area contributed by atoms with Gasteiger partial charge in [0.05, 0.1) is 16.8 Å². The number of hydrogen-bond acceptors (Lipinski definition) is 5. The number of ether oxygens (including phenoxy) is 1. The first-order valence-corrected chi connectivity index (χ1v) is 11.5. The van der Waals surface area contributed by atoms with Crippen molar-refractivity contribution in [1.82, 2.24) is 5.32 Å². The van der Waals surface area contributed by atoms with Crippen molar-refractivity contribution in [3.8, 4) is 11.5 Å². The number of anilines is 1. The van der Waals surface area contributed by atoms with Crippen LogP contribution in [0.4, 0.5) is 5.69 Å².